The van der Waals surface area contributed by atoms with Crippen molar-refractivity contribution in [3.05, 3.63) is 47.2 Å². The molecule has 1 saturated heterocycles. The molecule has 1 fully saturated rings. The topological polar surface area (TPSA) is 74.2 Å². The Balaban J connectivity index is 1.83. The molecule has 5 heteroatoms. The molecule has 0 bridgehead atoms. The molecule has 1 aromatic rings. The third kappa shape index (κ3) is 4.61. The third-order valence-corrected chi connectivity index (χ3v) is 3.68. The molecule has 1 heterocycles. The molecule has 1 unspecified atom stereocenters. The van der Waals surface area contributed by atoms with Crippen LogP contribution >= 0.6 is 0 Å². The molecule has 0 radical (unpaired) electrons. The fourth-order valence-electron chi connectivity index (χ4n) is 2.33. The largest absolute Gasteiger partial charge is 0.386 e. The van der Waals surface area contributed by atoms with E-state index in [1.807, 2.05) is 37.3 Å². The molecule has 2 rings (SSSR count). The summed E-state index contributed by atoms with van der Waals surface area (Å²) in [6.07, 6.45) is 3.53. The Morgan fingerprint density at radius 2 is 2.32 bits per heavy atom. The van der Waals surface area contributed by atoms with Gasteiger partial charge in [-0.25, -0.2) is 0 Å². The van der Waals surface area contributed by atoms with Gasteiger partial charge in [-0.15, -0.1) is 0 Å². The van der Waals surface area contributed by atoms with Gasteiger partial charge in [0.15, 0.2) is 0 Å². The molecule has 1 aliphatic heterocycles. The minimum absolute atomic E-state index is 0.0730. The Kier molecular flexibility index (Phi) is 5.99. The minimum atomic E-state index is -0.365. The van der Waals surface area contributed by atoms with Crippen molar-refractivity contribution in [1.82, 2.24) is 10.6 Å². The highest BCUT2D eigenvalue weighted by atomic mass is 16.5. The van der Waals surface area contributed by atoms with Gasteiger partial charge in [-0.3, -0.25) is 4.79 Å². The molecule has 0 aliphatic carbocycles. The number of carbonyl (C=O) groups is 1. The van der Waals surface area contributed by atoms with E-state index in [-0.39, 0.29) is 17.6 Å². The first-order chi connectivity index (χ1) is 10.7. The second kappa shape index (κ2) is 8.20. The number of benzene rings is 1. The van der Waals surface area contributed by atoms with Crippen molar-refractivity contribution in [3.8, 4) is 6.07 Å². The van der Waals surface area contributed by atoms with Gasteiger partial charge in [0.25, 0.3) is 5.91 Å². The van der Waals surface area contributed by atoms with Crippen LogP contribution in [-0.2, 0) is 16.1 Å². The van der Waals surface area contributed by atoms with Crippen molar-refractivity contribution in [1.29, 1.82) is 5.26 Å². The van der Waals surface area contributed by atoms with Crippen molar-refractivity contribution in [2.75, 3.05) is 13.2 Å². The standard InChI is InChI=1S/C17H21N3O2/c1-13-5-2-3-6-14(13)10-19-11-15(9-18)17(21)20-12-16-7-4-8-22-16/h2-3,5-6,11,16,19H,4,7-8,10,12H2,1H3,(H,20,21)/b15-11-. The molecular weight excluding hydrogens is 278 g/mol. The van der Waals surface area contributed by atoms with Crippen molar-refractivity contribution in [2.24, 2.45) is 0 Å². The van der Waals surface area contributed by atoms with E-state index in [2.05, 4.69) is 10.6 Å². The minimum Gasteiger partial charge on any atom is -0.386 e. The van der Waals surface area contributed by atoms with Crippen molar-refractivity contribution < 1.29 is 9.53 Å². The lowest BCUT2D eigenvalue weighted by molar-refractivity contribution is -0.117. The van der Waals surface area contributed by atoms with Crippen LogP contribution in [0.15, 0.2) is 36.0 Å². The van der Waals surface area contributed by atoms with Gasteiger partial charge in [-0.2, -0.15) is 5.26 Å². The van der Waals surface area contributed by atoms with Gasteiger partial charge in [0.2, 0.25) is 0 Å². The van der Waals surface area contributed by atoms with Gasteiger partial charge in [0.05, 0.1) is 6.10 Å². The lowest BCUT2D eigenvalue weighted by Gasteiger charge is -2.10. The van der Waals surface area contributed by atoms with Crippen LogP contribution in [0.1, 0.15) is 24.0 Å². The average molecular weight is 299 g/mol. The number of carbonyl (C=O) groups excluding carboxylic acids is 1. The predicted octanol–water partition coefficient (Wildman–Crippen LogP) is 1.79. The maximum absolute atomic E-state index is 11.9. The summed E-state index contributed by atoms with van der Waals surface area (Å²) in [6, 6.07) is 9.91. The van der Waals surface area contributed by atoms with Gasteiger partial charge in [0.1, 0.15) is 11.6 Å². The highest BCUT2D eigenvalue weighted by Gasteiger charge is 2.17. The van der Waals surface area contributed by atoms with Crippen molar-refractivity contribution in [2.45, 2.75) is 32.4 Å². The summed E-state index contributed by atoms with van der Waals surface area (Å²) in [7, 11) is 0. The van der Waals surface area contributed by atoms with Gasteiger partial charge in [-0.05, 0) is 30.9 Å². The molecule has 2 N–H and O–H groups in total. The van der Waals surface area contributed by atoms with Crippen molar-refractivity contribution >= 4 is 5.91 Å². The van der Waals surface area contributed by atoms with E-state index in [0.717, 1.165) is 25.0 Å². The number of nitriles is 1. The normalized spacial score (nSPS) is 17.8. The molecule has 5 nitrogen and oxygen atoms in total. The van der Waals surface area contributed by atoms with E-state index in [9.17, 15) is 4.79 Å². The Labute approximate surface area is 131 Å². The van der Waals surface area contributed by atoms with Gasteiger partial charge >= 0.3 is 0 Å². The first kappa shape index (κ1) is 16.1. The smallest absolute Gasteiger partial charge is 0.263 e. The highest BCUT2D eigenvalue weighted by Crippen LogP contribution is 2.10. The summed E-state index contributed by atoms with van der Waals surface area (Å²) in [5.41, 5.74) is 2.38. The molecule has 116 valence electrons. The molecule has 0 saturated carbocycles. The second-order valence-electron chi connectivity index (χ2n) is 5.32. The average Bonchev–Trinajstić information content (AvgIpc) is 3.04. The molecule has 0 aromatic heterocycles. The number of rotatable bonds is 6. The first-order valence-electron chi connectivity index (χ1n) is 7.48. The van der Waals surface area contributed by atoms with E-state index >= 15 is 0 Å². The molecule has 1 atom stereocenters. The Bertz CT molecular complexity index is 584. The Morgan fingerprint density at radius 1 is 1.50 bits per heavy atom. The molecule has 22 heavy (non-hydrogen) atoms. The third-order valence-electron chi connectivity index (χ3n) is 3.68. The zero-order valence-electron chi connectivity index (χ0n) is 12.8. The van der Waals surface area contributed by atoms with E-state index < -0.39 is 0 Å². The molecule has 1 aliphatic rings. The fraction of sp³-hybridized carbons (Fsp3) is 0.412. The highest BCUT2D eigenvalue weighted by molar-refractivity contribution is 5.97. The number of nitrogens with zero attached hydrogens (tertiary/aromatic N) is 1. The zero-order chi connectivity index (χ0) is 15.8. The van der Waals surface area contributed by atoms with Crippen LogP contribution in [0.5, 0.6) is 0 Å². The predicted molar refractivity (Wildman–Crippen MR) is 83.7 cm³/mol. The quantitative estimate of drug-likeness (QED) is 0.620. The van der Waals surface area contributed by atoms with Crippen LogP contribution in [0.4, 0.5) is 0 Å². The lowest BCUT2D eigenvalue weighted by atomic mass is 10.1. The second-order valence-corrected chi connectivity index (χ2v) is 5.32. The Hall–Kier alpha value is -2.32. The first-order valence-corrected chi connectivity index (χ1v) is 7.48. The number of hydrogen-bond donors (Lipinski definition) is 2. The van der Waals surface area contributed by atoms with Gasteiger partial charge in [0, 0.05) is 25.9 Å². The van der Waals surface area contributed by atoms with E-state index in [4.69, 9.17) is 10.00 Å². The van der Waals surface area contributed by atoms with Gasteiger partial charge < -0.3 is 15.4 Å². The number of aryl methyl sites for hydroxylation is 1. The zero-order valence-corrected chi connectivity index (χ0v) is 12.8. The van der Waals surface area contributed by atoms with Gasteiger partial charge in [-0.1, -0.05) is 24.3 Å². The summed E-state index contributed by atoms with van der Waals surface area (Å²) < 4.78 is 5.44. The van der Waals surface area contributed by atoms with Crippen LogP contribution in [0.2, 0.25) is 0 Å². The molecule has 0 spiro atoms. The van der Waals surface area contributed by atoms with Crippen LogP contribution in [0.3, 0.4) is 0 Å². The SMILES string of the molecule is Cc1ccccc1CN/C=C(/C#N)C(=O)NCC1CCCO1. The number of hydrogen-bond acceptors (Lipinski definition) is 4. The summed E-state index contributed by atoms with van der Waals surface area (Å²) >= 11 is 0. The van der Waals surface area contributed by atoms with E-state index in [0.29, 0.717) is 13.1 Å². The summed E-state index contributed by atoms with van der Waals surface area (Å²) in [6.45, 7) is 3.81. The molecule has 1 amide bonds. The van der Waals surface area contributed by atoms with Crippen molar-refractivity contribution in [3.63, 3.8) is 0 Å². The number of ether oxygens (including phenoxy) is 1. The molecular formula is C17H21N3O2. The maximum atomic E-state index is 11.9. The Morgan fingerprint density at radius 3 is 3.00 bits per heavy atom. The summed E-state index contributed by atoms with van der Waals surface area (Å²) in [5.74, 6) is -0.365. The van der Waals surface area contributed by atoms with E-state index in [1.165, 1.54) is 11.8 Å². The van der Waals surface area contributed by atoms with Crippen LogP contribution in [-0.4, -0.2) is 25.2 Å². The monoisotopic (exact) mass is 299 g/mol. The van der Waals surface area contributed by atoms with Crippen LogP contribution < -0.4 is 10.6 Å². The molecule has 1 aromatic carbocycles. The fourth-order valence-corrected chi connectivity index (χ4v) is 2.33. The van der Waals surface area contributed by atoms with E-state index in [1.54, 1.807) is 0 Å². The lowest BCUT2D eigenvalue weighted by Crippen LogP contribution is -2.33. The summed E-state index contributed by atoms with van der Waals surface area (Å²) in [5, 5.41) is 14.9. The number of nitrogens with one attached hydrogen (secondary N) is 2. The maximum Gasteiger partial charge on any atom is 0.263 e. The summed E-state index contributed by atoms with van der Waals surface area (Å²) in [4.78, 5) is 11.9. The number of amides is 1. The van der Waals surface area contributed by atoms with Crippen LogP contribution in [0, 0.1) is 18.3 Å². The van der Waals surface area contributed by atoms with Crippen LogP contribution in [0.25, 0.3) is 0 Å².